The number of aryl methyl sites for hydroxylation is 1. The highest BCUT2D eigenvalue weighted by atomic mass is 16.2. The van der Waals surface area contributed by atoms with Crippen LogP contribution in [0.25, 0.3) is 0 Å². The summed E-state index contributed by atoms with van der Waals surface area (Å²) in [6.07, 6.45) is 8.06. The zero-order valence-electron chi connectivity index (χ0n) is 12.8. The third-order valence-corrected chi connectivity index (χ3v) is 4.99. The van der Waals surface area contributed by atoms with Gasteiger partial charge in [-0.25, -0.2) is 0 Å². The molecule has 5 heteroatoms. The van der Waals surface area contributed by atoms with E-state index in [1.807, 2.05) is 18.1 Å². The van der Waals surface area contributed by atoms with Gasteiger partial charge < -0.3 is 10.6 Å². The molecule has 0 aromatic carbocycles. The summed E-state index contributed by atoms with van der Waals surface area (Å²) in [5.41, 5.74) is 7.29. The number of carbonyl (C=O) groups is 1. The second-order valence-corrected chi connectivity index (χ2v) is 5.96. The van der Waals surface area contributed by atoms with E-state index in [4.69, 9.17) is 5.73 Å². The standard InChI is InChI=1S/C15H26N4O/c1-4-15(5-2)6-8-19(9-7-15)14(20)13(16)12-10-17-18(3)11-12/h10-11,13H,4-9,16H2,1-3H3. The van der Waals surface area contributed by atoms with E-state index in [2.05, 4.69) is 18.9 Å². The molecule has 2 N–H and O–H groups in total. The number of amides is 1. The van der Waals surface area contributed by atoms with Gasteiger partial charge in [-0.15, -0.1) is 0 Å². The minimum atomic E-state index is -0.584. The third-order valence-electron chi connectivity index (χ3n) is 4.99. The average molecular weight is 278 g/mol. The Balaban J connectivity index is 1.98. The number of hydrogen-bond acceptors (Lipinski definition) is 3. The highest BCUT2D eigenvalue weighted by Crippen LogP contribution is 2.38. The third kappa shape index (κ3) is 2.87. The Morgan fingerprint density at radius 2 is 2.00 bits per heavy atom. The van der Waals surface area contributed by atoms with Crippen LogP contribution in [-0.4, -0.2) is 33.7 Å². The highest BCUT2D eigenvalue weighted by molar-refractivity contribution is 5.83. The van der Waals surface area contributed by atoms with E-state index in [1.165, 1.54) is 12.8 Å². The van der Waals surface area contributed by atoms with Crippen LogP contribution in [0, 0.1) is 5.41 Å². The van der Waals surface area contributed by atoms with E-state index in [0.717, 1.165) is 31.5 Å². The minimum absolute atomic E-state index is 0.0267. The first-order chi connectivity index (χ1) is 9.51. The molecule has 0 saturated carbocycles. The highest BCUT2D eigenvalue weighted by Gasteiger charge is 2.34. The topological polar surface area (TPSA) is 64.2 Å². The number of nitrogens with zero attached hydrogens (tertiary/aromatic N) is 3. The van der Waals surface area contributed by atoms with E-state index in [1.54, 1.807) is 10.9 Å². The molecule has 0 aliphatic carbocycles. The van der Waals surface area contributed by atoms with E-state index < -0.39 is 6.04 Å². The van der Waals surface area contributed by atoms with Crippen molar-refractivity contribution in [1.82, 2.24) is 14.7 Å². The Morgan fingerprint density at radius 1 is 1.40 bits per heavy atom. The van der Waals surface area contributed by atoms with Crippen molar-refractivity contribution in [2.45, 2.75) is 45.6 Å². The number of piperidine rings is 1. The smallest absolute Gasteiger partial charge is 0.244 e. The molecule has 0 radical (unpaired) electrons. The lowest BCUT2D eigenvalue weighted by atomic mass is 9.74. The molecular weight excluding hydrogens is 252 g/mol. The lowest BCUT2D eigenvalue weighted by molar-refractivity contribution is -0.135. The Morgan fingerprint density at radius 3 is 2.45 bits per heavy atom. The molecule has 2 rings (SSSR count). The number of aromatic nitrogens is 2. The molecule has 1 aromatic rings. The van der Waals surface area contributed by atoms with Crippen LogP contribution in [-0.2, 0) is 11.8 Å². The van der Waals surface area contributed by atoms with Crippen molar-refractivity contribution in [2.24, 2.45) is 18.2 Å². The zero-order chi connectivity index (χ0) is 14.8. The van der Waals surface area contributed by atoms with Crippen LogP contribution < -0.4 is 5.73 Å². The summed E-state index contributed by atoms with van der Waals surface area (Å²) >= 11 is 0. The van der Waals surface area contributed by atoms with E-state index in [9.17, 15) is 4.79 Å². The van der Waals surface area contributed by atoms with Gasteiger partial charge in [0, 0.05) is 31.9 Å². The van der Waals surface area contributed by atoms with Crippen LogP contribution >= 0.6 is 0 Å². The van der Waals surface area contributed by atoms with Crippen molar-refractivity contribution < 1.29 is 4.79 Å². The Hall–Kier alpha value is -1.36. The summed E-state index contributed by atoms with van der Waals surface area (Å²) in [5.74, 6) is 0.0267. The van der Waals surface area contributed by atoms with Crippen LogP contribution in [0.2, 0.25) is 0 Å². The number of hydrogen-bond donors (Lipinski definition) is 1. The predicted molar refractivity (Wildman–Crippen MR) is 79.0 cm³/mol. The van der Waals surface area contributed by atoms with Crippen molar-refractivity contribution in [3.63, 3.8) is 0 Å². The fraction of sp³-hybridized carbons (Fsp3) is 0.733. The summed E-state index contributed by atoms with van der Waals surface area (Å²) < 4.78 is 1.68. The fourth-order valence-corrected chi connectivity index (χ4v) is 3.10. The average Bonchev–Trinajstić information content (AvgIpc) is 2.92. The largest absolute Gasteiger partial charge is 0.341 e. The van der Waals surface area contributed by atoms with Gasteiger partial charge in [0.25, 0.3) is 0 Å². The molecule has 1 amide bonds. The van der Waals surface area contributed by atoms with Gasteiger partial charge in [0.1, 0.15) is 6.04 Å². The molecule has 1 aliphatic rings. The van der Waals surface area contributed by atoms with E-state index in [0.29, 0.717) is 5.41 Å². The van der Waals surface area contributed by atoms with Crippen LogP contribution in [0.4, 0.5) is 0 Å². The molecule has 1 unspecified atom stereocenters. The molecule has 1 aliphatic heterocycles. The van der Waals surface area contributed by atoms with Crippen molar-refractivity contribution in [2.75, 3.05) is 13.1 Å². The van der Waals surface area contributed by atoms with Crippen molar-refractivity contribution in [3.8, 4) is 0 Å². The molecule has 0 spiro atoms. The molecule has 1 atom stereocenters. The summed E-state index contributed by atoms with van der Waals surface area (Å²) in [6.45, 7) is 6.16. The molecule has 2 heterocycles. The monoisotopic (exact) mass is 278 g/mol. The van der Waals surface area contributed by atoms with Gasteiger partial charge in [-0.05, 0) is 18.3 Å². The van der Waals surface area contributed by atoms with Crippen LogP contribution in [0.5, 0.6) is 0 Å². The number of nitrogens with two attached hydrogens (primary N) is 1. The minimum Gasteiger partial charge on any atom is -0.341 e. The van der Waals surface area contributed by atoms with Gasteiger partial charge in [-0.1, -0.05) is 26.7 Å². The fourth-order valence-electron chi connectivity index (χ4n) is 3.10. The summed E-state index contributed by atoms with van der Waals surface area (Å²) in [5, 5.41) is 4.08. The molecular formula is C15H26N4O. The lowest BCUT2D eigenvalue weighted by Gasteiger charge is -2.41. The van der Waals surface area contributed by atoms with E-state index in [-0.39, 0.29) is 5.91 Å². The summed E-state index contributed by atoms with van der Waals surface area (Å²) in [7, 11) is 1.83. The number of rotatable bonds is 4. The van der Waals surface area contributed by atoms with E-state index >= 15 is 0 Å². The number of carbonyl (C=O) groups excluding carboxylic acids is 1. The van der Waals surface area contributed by atoms with Crippen molar-refractivity contribution >= 4 is 5.91 Å². The van der Waals surface area contributed by atoms with Crippen LogP contribution in [0.3, 0.4) is 0 Å². The predicted octanol–water partition coefficient (Wildman–Crippen LogP) is 1.85. The summed E-state index contributed by atoms with van der Waals surface area (Å²) in [6, 6.07) is -0.584. The molecule has 0 bridgehead atoms. The van der Waals surface area contributed by atoms with Crippen LogP contribution in [0.1, 0.15) is 51.1 Å². The van der Waals surface area contributed by atoms with Crippen LogP contribution in [0.15, 0.2) is 12.4 Å². The quantitative estimate of drug-likeness (QED) is 0.914. The Labute approximate surface area is 121 Å². The maximum Gasteiger partial charge on any atom is 0.244 e. The zero-order valence-corrected chi connectivity index (χ0v) is 12.8. The molecule has 112 valence electrons. The molecule has 1 fully saturated rings. The van der Waals surface area contributed by atoms with Gasteiger partial charge in [-0.3, -0.25) is 9.48 Å². The second-order valence-electron chi connectivity index (χ2n) is 5.96. The van der Waals surface area contributed by atoms with Crippen molar-refractivity contribution in [3.05, 3.63) is 18.0 Å². The second kappa shape index (κ2) is 5.95. The SMILES string of the molecule is CCC1(CC)CCN(C(=O)C(N)c2cnn(C)c2)CC1. The molecule has 5 nitrogen and oxygen atoms in total. The molecule has 1 saturated heterocycles. The number of likely N-dealkylation sites (tertiary alicyclic amines) is 1. The van der Waals surface area contributed by atoms with Gasteiger partial charge in [-0.2, -0.15) is 5.10 Å². The van der Waals surface area contributed by atoms with Gasteiger partial charge in [0.15, 0.2) is 0 Å². The normalized spacial score (nSPS) is 19.9. The first-order valence-corrected chi connectivity index (χ1v) is 7.54. The van der Waals surface area contributed by atoms with Crippen molar-refractivity contribution in [1.29, 1.82) is 0 Å². The first-order valence-electron chi connectivity index (χ1n) is 7.54. The molecule has 1 aromatic heterocycles. The van der Waals surface area contributed by atoms with Gasteiger partial charge in [0.05, 0.1) is 6.20 Å². The Kier molecular flexibility index (Phi) is 4.48. The maximum absolute atomic E-state index is 12.5. The van der Waals surface area contributed by atoms with Gasteiger partial charge in [0.2, 0.25) is 5.91 Å². The Bertz CT molecular complexity index is 454. The maximum atomic E-state index is 12.5. The first kappa shape index (κ1) is 15.0. The lowest BCUT2D eigenvalue weighted by Crippen LogP contribution is -2.46. The molecule has 20 heavy (non-hydrogen) atoms. The summed E-state index contributed by atoms with van der Waals surface area (Å²) in [4.78, 5) is 14.4. The van der Waals surface area contributed by atoms with Gasteiger partial charge >= 0.3 is 0 Å².